The summed E-state index contributed by atoms with van der Waals surface area (Å²) in [5.74, 6) is 0.774. The lowest BCUT2D eigenvalue weighted by atomic mass is 9.84. The zero-order chi connectivity index (χ0) is 12.0. The maximum Gasteiger partial charge on any atom is 0.0196 e. The summed E-state index contributed by atoms with van der Waals surface area (Å²) in [5, 5.41) is 0. The van der Waals surface area contributed by atoms with Gasteiger partial charge in [-0.3, -0.25) is 0 Å². The molecule has 1 saturated carbocycles. The van der Waals surface area contributed by atoms with E-state index in [0.717, 1.165) is 25.6 Å². The highest BCUT2D eigenvalue weighted by atomic mass is 15.2. The molecular weight excluding hydrogens is 198 g/mol. The monoisotopic (exact) mass is 227 g/mol. The Morgan fingerprint density at radius 3 is 2.25 bits per heavy atom. The van der Waals surface area contributed by atoms with Crippen molar-refractivity contribution in [2.45, 2.75) is 38.1 Å². The molecule has 1 aliphatic rings. The average Bonchev–Trinajstić information content (AvgIpc) is 2.27. The first-order valence-corrected chi connectivity index (χ1v) is 6.68. The summed E-state index contributed by atoms with van der Waals surface area (Å²) in [7, 11) is 6.43. The molecule has 0 heterocycles. The van der Waals surface area contributed by atoms with E-state index in [-0.39, 0.29) is 0 Å². The number of nitrogens with zero attached hydrogens (tertiary/aromatic N) is 2. The molecule has 0 aliphatic heterocycles. The van der Waals surface area contributed by atoms with Crippen LogP contribution in [0.25, 0.3) is 0 Å². The first-order valence-electron chi connectivity index (χ1n) is 6.68. The molecule has 0 saturated heterocycles. The molecule has 1 fully saturated rings. The standard InChI is InChI=1S/C13H29N3/c1-15(2)9-10-16(3)11-13(14)12-7-5-4-6-8-12/h12-13H,4-11,14H2,1-3H3. The summed E-state index contributed by atoms with van der Waals surface area (Å²) in [6.07, 6.45) is 6.89. The van der Waals surface area contributed by atoms with Gasteiger partial charge in [0, 0.05) is 25.7 Å². The van der Waals surface area contributed by atoms with E-state index < -0.39 is 0 Å². The van der Waals surface area contributed by atoms with Gasteiger partial charge in [-0.15, -0.1) is 0 Å². The van der Waals surface area contributed by atoms with Crippen LogP contribution in [-0.4, -0.2) is 56.6 Å². The molecule has 0 amide bonds. The molecule has 0 bridgehead atoms. The Morgan fingerprint density at radius 2 is 1.69 bits per heavy atom. The fraction of sp³-hybridized carbons (Fsp3) is 1.00. The van der Waals surface area contributed by atoms with Gasteiger partial charge in [0.15, 0.2) is 0 Å². The van der Waals surface area contributed by atoms with Crippen LogP contribution < -0.4 is 5.73 Å². The summed E-state index contributed by atoms with van der Waals surface area (Å²) in [6, 6.07) is 0.382. The predicted molar refractivity (Wildman–Crippen MR) is 70.6 cm³/mol. The molecule has 96 valence electrons. The Morgan fingerprint density at radius 1 is 1.06 bits per heavy atom. The first kappa shape index (κ1) is 13.9. The van der Waals surface area contributed by atoms with Gasteiger partial charge in [0.25, 0.3) is 0 Å². The second-order valence-electron chi connectivity index (χ2n) is 5.63. The fourth-order valence-corrected chi connectivity index (χ4v) is 2.53. The second kappa shape index (κ2) is 7.25. The third kappa shape index (κ3) is 5.28. The third-order valence-corrected chi connectivity index (χ3v) is 3.71. The lowest BCUT2D eigenvalue weighted by Gasteiger charge is -2.31. The van der Waals surface area contributed by atoms with Crippen molar-refractivity contribution < 1.29 is 0 Å². The molecule has 0 spiro atoms. The minimum atomic E-state index is 0.382. The van der Waals surface area contributed by atoms with Crippen molar-refractivity contribution in [3.63, 3.8) is 0 Å². The summed E-state index contributed by atoms with van der Waals surface area (Å²) < 4.78 is 0. The Labute approximate surface area is 101 Å². The first-order chi connectivity index (χ1) is 7.59. The Balaban J connectivity index is 2.18. The van der Waals surface area contributed by atoms with Crippen molar-refractivity contribution in [2.75, 3.05) is 40.8 Å². The smallest absolute Gasteiger partial charge is 0.0196 e. The second-order valence-corrected chi connectivity index (χ2v) is 5.63. The fourth-order valence-electron chi connectivity index (χ4n) is 2.53. The summed E-state index contributed by atoms with van der Waals surface area (Å²) >= 11 is 0. The van der Waals surface area contributed by atoms with Gasteiger partial charge in [-0.2, -0.15) is 0 Å². The highest BCUT2D eigenvalue weighted by molar-refractivity contribution is 4.78. The number of likely N-dealkylation sites (N-methyl/N-ethyl adjacent to an activating group) is 2. The van der Waals surface area contributed by atoms with Crippen LogP contribution in [0.5, 0.6) is 0 Å². The molecule has 3 heteroatoms. The lowest BCUT2D eigenvalue weighted by molar-refractivity contribution is 0.219. The number of hydrogen-bond donors (Lipinski definition) is 1. The number of rotatable bonds is 6. The minimum absolute atomic E-state index is 0.382. The molecule has 1 rings (SSSR count). The maximum atomic E-state index is 6.30. The topological polar surface area (TPSA) is 32.5 Å². The van der Waals surface area contributed by atoms with Gasteiger partial charge in [0.1, 0.15) is 0 Å². The van der Waals surface area contributed by atoms with Crippen LogP contribution in [0.4, 0.5) is 0 Å². The number of nitrogens with two attached hydrogens (primary N) is 1. The summed E-state index contributed by atoms with van der Waals surface area (Å²) in [5.41, 5.74) is 6.30. The van der Waals surface area contributed by atoms with E-state index in [1.165, 1.54) is 32.1 Å². The predicted octanol–water partition coefficient (Wildman–Crippen LogP) is 1.39. The van der Waals surface area contributed by atoms with E-state index in [2.05, 4.69) is 30.9 Å². The summed E-state index contributed by atoms with van der Waals surface area (Å²) in [6.45, 7) is 3.29. The molecule has 2 N–H and O–H groups in total. The zero-order valence-electron chi connectivity index (χ0n) is 11.3. The molecule has 1 atom stereocenters. The van der Waals surface area contributed by atoms with Crippen molar-refractivity contribution in [3.05, 3.63) is 0 Å². The van der Waals surface area contributed by atoms with Crippen molar-refractivity contribution >= 4 is 0 Å². The van der Waals surface area contributed by atoms with E-state index in [0.29, 0.717) is 6.04 Å². The van der Waals surface area contributed by atoms with Gasteiger partial charge in [0.2, 0.25) is 0 Å². The SMILES string of the molecule is CN(C)CCN(C)CC(N)C1CCCCC1. The van der Waals surface area contributed by atoms with Crippen LogP contribution in [0.15, 0.2) is 0 Å². The van der Waals surface area contributed by atoms with Crippen LogP contribution in [-0.2, 0) is 0 Å². The Bertz CT molecular complexity index is 176. The molecule has 0 aromatic carbocycles. The third-order valence-electron chi connectivity index (χ3n) is 3.71. The van der Waals surface area contributed by atoms with Crippen LogP contribution >= 0.6 is 0 Å². The Kier molecular flexibility index (Phi) is 6.32. The molecule has 3 nitrogen and oxygen atoms in total. The quantitative estimate of drug-likeness (QED) is 0.744. The van der Waals surface area contributed by atoms with Gasteiger partial charge in [-0.05, 0) is 39.9 Å². The van der Waals surface area contributed by atoms with Crippen LogP contribution in [0.3, 0.4) is 0 Å². The molecular formula is C13H29N3. The normalized spacial score (nSPS) is 20.6. The molecule has 0 radical (unpaired) electrons. The van der Waals surface area contributed by atoms with Crippen molar-refractivity contribution in [1.82, 2.24) is 9.80 Å². The van der Waals surface area contributed by atoms with Gasteiger partial charge < -0.3 is 15.5 Å². The van der Waals surface area contributed by atoms with Crippen LogP contribution in [0, 0.1) is 5.92 Å². The maximum absolute atomic E-state index is 6.30. The molecule has 1 unspecified atom stereocenters. The van der Waals surface area contributed by atoms with E-state index >= 15 is 0 Å². The van der Waals surface area contributed by atoms with Gasteiger partial charge in [-0.1, -0.05) is 19.3 Å². The molecule has 1 aliphatic carbocycles. The highest BCUT2D eigenvalue weighted by Gasteiger charge is 2.21. The van der Waals surface area contributed by atoms with Crippen LogP contribution in [0.1, 0.15) is 32.1 Å². The minimum Gasteiger partial charge on any atom is -0.326 e. The largest absolute Gasteiger partial charge is 0.326 e. The average molecular weight is 227 g/mol. The number of hydrogen-bond acceptors (Lipinski definition) is 3. The molecule has 0 aromatic rings. The van der Waals surface area contributed by atoms with E-state index in [1.807, 2.05) is 0 Å². The highest BCUT2D eigenvalue weighted by Crippen LogP contribution is 2.25. The van der Waals surface area contributed by atoms with Gasteiger partial charge in [0.05, 0.1) is 0 Å². The Hall–Kier alpha value is -0.120. The van der Waals surface area contributed by atoms with Crippen molar-refractivity contribution in [2.24, 2.45) is 11.7 Å². The molecule has 16 heavy (non-hydrogen) atoms. The lowest BCUT2D eigenvalue weighted by Crippen LogP contribution is -2.43. The van der Waals surface area contributed by atoms with Gasteiger partial charge >= 0.3 is 0 Å². The van der Waals surface area contributed by atoms with E-state index in [1.54, 1.807) is 0 Å². The van der Waals surface area contributed by atoms with E-state index in [9.17, 15) is 0 Å². The van der Waals surface area contributed by atoms with Crippen molar-refractivity contribution in [3.8, 4) is 0 Å². The molecule has 0 aromatic heterocycles. The summed E-state index contributed by atoms with van der Waals surface area (Å²) in [4.78, 5) is 4.60. The van der Waals surface area contributed by atoms with E-state index in [4.69, 9.17) is 5.73 Å². The van der Waals surface area contributed by atoms with Crippen LogP contribution in [0.2, 0.25) is 0 Å². The van der Waals surface area contributed by atoms with Crippen molar-refractivity contribution in [1.29, 1.82) is 0 Å². The zero-order valence-corrected chi connectivity index (χ0v) is 11.3. The van der Waals surface area contributed by atoms with Gasteiger partial charge in [-0.25, -0.2) is 0 Å².